The summed E-state index contributed by atoms with van der Waals surface area (Å²) in [6.07, 6.45) is 0.306. The van der Waals surface area contributed by atoms with Crippen LogP contribution < -0.4 is 9.47 Å². The highest BCUT2D eigenvalue weighted by molar-refractivity contribution is 5.85. The molecule has 0 aliphatic carbocycles. The van der Waals surface area contributed by atoms with Gasteiger partial charge in [-0.15, -0.1) is 0 Å². The molecule has 0 spiro atoms. The van der Waals surface area contributed by atoms with E-state index in [4.69, 9.17) is 9.47 Å². The van der Waals surface area contributed by atoms with Crippen LogP contribution in [0.3, 0.4) is 0 Å². The van der Waals surface area contributed by atoms with Gasteiger partial charge in [-0.2, -0.15) is 0 Å². The molecule has 1 N–H and O–H groups in total. The Labute approximate surface area is 152 Å². The van der Waals surface area contributed by atoms with E-state index in [1.54, 1.807) is 24.3 Å². The molecule has 0 radical (unpaired) electrons. The van der Waals surface area contributed by atoms with E-state index >= 15 is 0 Å². The van der Waals surface area contributed by atoms with Crippen molar-refractivity contribution in [1.82, 2.24) is 4.90 Å². The molecule has 2 aromatic rings. The van der Waals surface area contributed by atoms with Gasteiger partial charge in [0.1, 0.15) is 17.5 Å². The molecule has 1 aliphatic rings. The first kappa shape index (κ1) is 17.8. The van der Waals surface area contributed by atoms with Gasteiger partial charge in [0.25, 0.3) is 5.91 Å². The number of carbonyl (C=O) groups excluding carboxylic acids is 1. The number of amides is 1. The topological polar surface area (TPSA) is 76.1 Å². The molecule has 0 saturated carbocycles. The van der Waals surface area contributed by atoms with Crippen LogP contribution in [0.15, 0.2) is 48.5 Å². The van der Waals surface area contributed by atoms with Crippen LogP contribution in [-0.4, -0.2) is 41.1 Å². The van der Waals surface area contributed by atoms with Gasteiger partial charge in [0.05, 0.1) is 6.61 Å². The van der Waals surface area contributed by atoms with Crippen LogP contribution in [0.2, 0.25) is 0 Å². The molecule has 6 heteroatoms. The molecule has 0 fully saturated rings. The van der Waals surface area contributed by atoms with E-state index in [-0.39, 0.29) is 19.1 Å². The summed E-state index contributed by atoms with van der Waals surface area (Å²) in [5.74, 6) is -0.0921. The van der Waals surface area contributed by atoms with Crippen molar-refractivity contribution in [2.45, 2.75) is 25.9 Å². The Bertz CT molecular complexity index is 787. The van der Waals surface area contributed by atoms with Crippen molar-refractivity contribution in [3.63, 3.8) is 0 Å². The SMILES string of the molecule is CCOc1ccc(OCC(=O)N2Cc3ccccc3CC2C(=O)O)cc1. The number of nitrogens with zero attached hydrogens (tertiary/aromatic N) is 1. The summed E-state index contributed by atoms with van der Waals surface area (Å²) in [6, 6.07) is 13.7. The van der Waals surface area contributed by atoms with Crippen molar-refractivity contribution < 1.29 is 24.2 Å². The van der Waals surface area contributed by atoms with Gasteiger partial charge < -0.3 is 19.5 Å². The smallest absolute Gasteiger partial charge is 0.326 e. The standard InChI is InChI=1S/C20H21NO5/c1-2-25-16-7-9-17(10-8-16)26-13-19(22)21-12-15-6-4-3-5-14(15)11-18(21)20(23)24/h3-10,18H,2,11-13H2,1H3,(H,23,24). The molecule has 3 rings (SSSR count). The maximum absolute atomic E-state index is 12.6. The quantitative estimate of drug-likeness (QED) is 0.862. The minimum Gasteiger partial charge on any atom is -0.494 e. The van der Waals surface area contributed by atoms with Crippen molar-refractivity contribution in [3.8, 4) is 11.5 Å². The van der Waals surface area contributed by atoms with Crippen LogP contribution in [0.25, 0.3) is 0 Å². The van der Waals surface area contributed by atoms with E-state index in [0.717, 1.165) is 16.9 Å². The number of hydrogen-bond acceptors (Lipinski definition) is 4. The number of ether oxygens (including phenoxy) is 2. The Morgan fingerprint density at radius 3 is 2.27 bits per heavy atom. The van der Waals surface area contributed by atoms with E-state index in [0.29, 0.717) is 18.8 Å². The summed E-state index contributed by atoms with van der Waals surface area (Å²) in [4.78, 5) is 25.6. The largest absolute Gasteiger partial charge is 0.494 e. The van der Waals surface area contributed by atoms with Gasteiger partial charge in [-0.1, -0.05) is 24.3 Å². The number of aliphatic carboxylic acids is 1. The number of benzene rings is 2. The predicted octanol–water partition coefficient (Wildman–Crippen LogP) is 2.50. The molecule has 0 bridgehead atoms. The van der Waals surface area contributed by atoms with Crippen LogP contribution in [0.4, 0.5) is 0 Å². The van der Waals surface area contributed by atoms with Gasteiger partial charge in [-0.25, -0.2) is 4.79 Å². The number of carboxylic acid groups (broad SMARTS) is 1. The zero-order valence-corrected chi connectivity index (χ0v) is 14.6. The normalized spacial score (nSPS) is 15.9. The molecular weight excluding hydrogens is 334 g/mol. The first-order valence-corrected chi connectivity index (χ1v) is 8.53. The van der Waals surface area contributed by atoms with Crippen molar-refractivity contribution in [2.24, 2.45) is 0 Å². The minimum absolute atomic E-state index is 0.208. The predicted molar refractivity (Wildman–Crippen MR) is 95.2 cm³/mol. The molecule has 26 heavy (non-hydrogen) atoms. The Morgan fingerprint density at radius 2 is 1.65 bits per heavy atom. The van der Waals surface area contributed by atoms with Gasteiger partial charge in [-0.05, 0) is 42.3 Å². The van der Waals surface area contributed by atoms with Gasteiger partial charge >= 0.3 is 5.97 Å². The summed E-state index contributed by atoms with van der Waals surface area (Å²) in [7, 11) is 0. The third-order valence-electron chi connectivity index (χ3n) is 4.35. The Morgan fingerprint density at radius 1 is 1.04 bits per heavy atom. The second-order valence-corrected chi connectivity index (χ2v) is 6.04. The van der Waals surface area contributed by atoms with Crippen LogP contribution in [0.1, 0.15) is 18.1 Å². The Hall–Kier alpha value is -3.02. The molecular formula is C20H21NO5. The van der Waals surface area contributed by atoms with Crippen molar-refractivity contribution in [1.29, 1.82) is 0 Å². The van der Waals surface area contributed by atoms with Crippen LogP contribution in [0.5, 0.6) is 11.5 Å². The summed E-state index contributed by atoms with van der Waals surface area (Å²) in [5, 5.41) is 9.50. The van der Waals surface area contributed by atoms with E-state index in [2.05, 4.69) is 0 Å². The molecule has 1 unspecified atom stereocenters. The number of carboxylic acids is 1. The third-order valence-corrected chi connectivity index (χ3v) is 4.35. The highest BCUT2D eigenvalue weighted by Gasteiger charge is 2.34. The van der Waals surface area contributed by atoms with Gasteiger partial charge in [0, 0.05) is 13.0 Å². The summed E-state index contributed by atoms with van der Waals surface area (Å²) in [5.41, 5.74) is 1.94. The van der Waals surface area contributed by atoms with Gasteiger partial charge in [0.15, 0.2) is 6.61 Å². The molecule has 6 nitrogen and oxygen atoms in total. The Kier molecular flexibility index (Phi) is 5.41. The van der Waals surface area contributed by atoms with Crippen LogP contribution in [0, 0.1) is 0 Å². The highest BCUT2D eigenvalue weighted by atomic mass is 16.5. The number of fused-ring (bicyclic) bond motifs is 1. The number of rotatable bonds is 6. The van der Waals surface area contributed by atoms with E-state index < -0.39 is 12.0 Å². The maximum atomic E-state index is 12.6. The lowest BCUT2D eigenvalue weighted by atomic mass is 9.94. The average molecular weight is 355 g/mol. The van der Waals surface area contributed by atoms with Crippen molar-refractivity contribution in [2.75, 3.05) is 13.2 Å². The lowest BCUT2D eigenvalue weighted by Gasteiger charge is -2.34. The zero-order chi connectivity index (χ0) is 18.5. The van der Waals surface area contributed by atoms with E-state index in [1.807, 2.05) is 31.2 Å². The van der Waals surface area contributed by atoms with Crippen LogP contribution >= 0.6 is 0 Å². The molecule has 1 aliphatic heterocycles. The summed E-state index contributed by atoms with van der Waals surface area (Å²) in [6.45, 7) is 2.54. The summed E-state index contributed by atoms with van der Waals surface area (Å²) >= 11 is 0. The first-order valence-electron chi connectivity index (χ1n) is 8.53. The third kappa shape index (κ3) is 3.96. The van der Waals surface area contributed by atoms with Gasteiger partial charge in [-0.3, -0.25) is 4.79 Å². The molecule has 136 valence electrons. The van der Waals surface area contributed by atoms with Crippen molar-refractivity contribution >= 4 is 11.9 Å². The molecule has 0 saturated heterocycles. The second kappa shape index (κ2) is 7.91. The van der Waals surface area contributed by atoms with E-state index in [1.165, 1.54) is 4.90 Å². The Balaban J connectivity index is 1.66. The van der Waals surface area contributed by atoms with Crippen molar-refractivity contribution in [3.05, 3.63) is 59.7 Å². The van der Waals surface area contributed by atoms with Crippen LogP contribution in [-0.2, 0) is 22.6 Å². The van der Waals surface area contributed by atoms with Gasteiger partial charge in [0.2, 0.25) is 0 Å². The highest BCUT2D eigenvalue weighted by Crippen LogP contribution is 2.24. The molecule has 0 aromatic heterocycles. The second-order valence-electron chi connectivity index (χ2n) is 6.04. The minimum atomic E-state index is -1.01. The first-order chi connectivity index (χ1) is 12.6. The van der Waals surface area contributed by atoms with E-state index in [9.17, 15) is 14.7 Å². The monoisotopic (exact) mass is 355 g/mol. The molecule has 1 amide bonds. The molecule has 1 atom stereocenters. The lowest BCUT2D eigenvalue weighted by Crippen LogP contribution is -2.50. The zero-order valence-electron chi connectivity index (χ0n) is 14.6. The fourth-order valence-electron chi connectivity index (χ4n) is 3.03. The fraction of sp³-hybridized carbons (Fsp3) is 0.300. The fourth-order valence-corrected chi connectivity index (χ4v) is 3.03. The average Bonchev–Trinajstić information content (AvgIpc) is 2.66. The molecule has 1 heterocycles. The maximum Gasteiger partial charge on any atom is 0.326 e. The summed E-state index contributed by atoms with van der Waals surface area (Å²) < 4.78 is 10.9. The number of hydrogen-bond donors (Lipinski definition) is 1. The number of carbonyl (C=O) groups is 2. The lowest BCUT2D eigenvalue weighted by molar-refractivity contribution is -0.152. The molecule has 2 aromatic carbocycles.